The smallest absolute Gasteiger partial charge is 0.397 e. The molecule has 0 heterocycles. The number of benzene rings is 2. The van der Waals surface area contributed by atoms with Crippen LogP contribution >= 0.6 is 0 Å². The average molecular weight is 277 g/mol. The van der Waals surface area contributed by atoms with Crippen LogP contribution in [0.5, 0.6) is 0 Å². The second kappa shape index (κ2) is 5.13. The van der Waals surface area contributed by atoms with Crippen LogP contribution in [-0.2, 0) is 6.18 Å². The van der Waals surface area contributed by atoms with Gasteiger partial charge in [-0.25, -0.2) is 0 Å². The van der Waals surface area contributed by atoms with Gasteiger partial charge in [-0.3, -0.25) is 0 Å². The summed E-state index contributed by atoms with van der Waals surface area (Å²) < 4.78 is 38.6. The molecule has 0 unspecified atom stereocenters. The predicted molar refractivity (Wildman–Crippen MR) is 70.3 cm³/mol. The lowest BCUT2D eigenvalue weighted by Crippen LogP contribution is -2.09. The lowest BCUT2D eigenvalue weighted by atomic mass is 10.1. The molecule has 0 atom stereocenters. The average Bonchev–Trinajstić information content (AvgIpc) is 2.40. The highest BCUT2D eigenvalue weighted by Gasteiger charge is 2.33. The summed E-state index contributed by atoms with van der Waals surface area (Å²) in [5, 5.41) is 11.4. The summed E-state index contributed by atoms with van der Waals surface area (Å²) in [6.45, 7) is 0. The van der Waals surface area contributed by atoms with Crippen molar-refractivity contribution < 1.29 is 13.2 Å². The van der Waals surface area contributed by atoms with Gasteiger partial charge >= 0.3 is 6.18 Å². The van der Waals surface area contributed by atoms with Crippen LogP contribution in [0.25, 0.3) is 0 Å². The van der Waals surface area contributed by atoms with Gasteiger partial charge in [0.2, 0.25) is 0 Å². The highest BCUT2D eigenvalue weighted by molar-refractivity contribution is 5.75. The number of para-hydroxylation sites is 1. The highest BCUT2D eigenvalue weighted by Crippen LogP contribution is 2.36. The van der Waals surface area contributed by atoms with Crippen molar-refractivity contribution in [1.29, 1.82) is 5.26 Å². The highest BCUT2D eigenvalue weighted by atomic mass is 19.4. The normalized spacial score (nSPS) is 10.9. The Hall–Kier alpha value is -2.68. The quantitative estimate of drug-likeness (QED) is 0.818. The molecule has 0 radical (unpaired) electrons. The van der Waals surface area contributed by atoms with Gasteiger partial charge in [-0.15, -0.1) is 0 Å². The molecule has 3 nitrogen and oxygen atoms in total. The van der Waals surface area contributed by atoms with Crippen LogP contribution in [0.1, 0.15) is 11.1 Å². The lowest BCUT2D eigenvalue weighted by molar-refractivity contribution is -0.136. The molecule has 0 amide bonds. The van der Waals surface area contributed by atoms with E-state index in [9.17, 15) is 13.2 Å². The number of hydrogen-bond donors (Lipinski definition) is 2. The van der Waals surface area contributed by atoms with Crippen molar-refractivity contribution in [3.63, 3.8) is 0 Å². The molecule has 0 aliphatic heterocycles. The predicted octanol–water partition coefficient (Wildman–Crippen LogP) is 3.90. The fraction of sp³-hybridized carbons (Fsp3) is 0.0714. The molecule has 2 rings (SSSR count). The number of nitrogens with two attached hydrogens (primary N) is 1. The Morgan fingerprint density at radius 2 is 1.75 bits per heavy atom. The molecule has 0 spiro atoms. The summed E-state index contributed by atoms with van der Waals surface area (Å²) in [5.74, 6) is 0. The van der Waals surface area contributed by atoms with E-state index < -0.39 is 11.7 Å². The van der Waals surface area contributed by atoms with Crippen molar-refractivity contribution in [2.24, 2.45) is 0 Å². The minimum absolute atomic E-state index is 0.0867. The number of nitrogens with one attached hydrogen (secondary N) is 1. The molecule has 102 valence electrons. The molecule has 0 saturated heterocycles. The molecule has 2 aromatic carbocycles. The first-order valence-electron chi connectivity index (χ1n) is 5.64. The fourth-order valence-corrected chi connectivity index (χ4v) is 1.73. The number of hydrogen-bond acceptors (Lipinski definition) is 3. The van der Waals surface area contributed by atoms with Crippen molar-refractivity contribution in [1.82, 2.24) is 0 Å². The van der Waals surface area contributed by atoms with Crippen LogP contribution in [0.4, 0.5) is 30.2 Å². The van der Waals surface area contributed by atoms with Gasteiger partial charge in [-0.2, -0.15) is 18.4 Å². The summed E-state index contributed by atoms with van der Waals surface area (Å²) >= 11 is 0. The molecular formula is C14H10F3N3. The van der Waals surface area contributed by atoms with Crippen molar-refractivity contribution in [2.75, 3.05) is 11.1 Å². The Bertz CT molecular complexity index is 672. The van der Waals surface area contributed by atoms with E-state index >= 15 is 0 Å². The van der Waals surface area contributed by atoms with Gasteiger partial charge < -0.3 is 11.1 Å². The zero-order valence-electron chi connectivity index (χ0n) is 10.2. The first-order chi connectivity index (χ1) is 9.41. The van der Waals surface area contributed by atoms with E-state index in [4.69, 9.17) is 11.0 Å². The Labute approximate surface area is 113 Å². The zero-order valence-corrected chi connectivity index (χ0v) is 10.2. The minimum Gasteiger partial charge on any atom is -0.397 e. The first-order valence-corrected chi connectivity index (χ1v) is 5.64. The van der Waals surface area contributed by atoms with Crippen LogP contribution < -0.4 is 11.1 Å². The molecular weight excluding hydrogens is 267 g/mol. The van der Waals surface area contributed by atoms with Crippen molar-refractivity contribution in [3.05, 3.63) is 53.6 Å². The van der Waals surface area contributed by atoms with Crippen LogP contribution in [0.3, 0.4) is 0 Å². The molecule has 0 bridgehead atoms. The fourth-order valence-electron chi connectivity index (χ4n) is 1.73. The largest absolute Gasteiger partial charge is 0.418 e. The maximum absolute atomic E-state index is 12.9. The third-order valence-electron chi connectivity index (χ3n) is 2.68. The van der Waals surface area contributed by atoms with E-state index in [-0.39, 0.29) is 11.4 Å². The Morgan fingerprint density at radius 1 is 1.05 bits per heavy atom. The van der Waals surface area contributed by atoms with Gasteiger partial charge in [0, 0.05) is 0 Å². The van der Waals surface area contributed by atoms with Gasteiger partial charge in [-0.1, -0.05) is 12.1 Å². The van der Waals surface area contributed by atoms with Gasteiger partial charge in [0.15, 0.2) is 0 Å². The van der Waals surface area contributed by atoms with E-state index in [0.717, 1.165) is 6.07 Å². The van der Waals surface area contributed by atoms with Gasteiger partial charge in [-0.05, 0) is 30.3 Å². The minimum atomic E-state index is -4.45. The first kappa shape index (κ1) is 13.7. The monoisotopic (exact) mass is 277 g/mol. The Morgan fingerprint density at radius 3 is 2.35 bits per heavy atom. The molecule has 3 N–H and O–H groups in total. The number of rotatable bonds is 2. The number of nitrogens with zero attached hydrogens (tertiary/aromatic N) is 1. The molecule has 6 heteroatoms. The van der Waals surface area contributed by atoms with E-state index in [1.165, 1.54) is 36.4 Å². The summed E-state index contributed by atoms with van der Waals surface area (Å²) in [4.78, 5) is 0. The number of alkyl halides is 3. The van der Waals surface area contributed by atoms with Crippen LogP contribution in [0.2, 0.25) is 0 Å². The maximum atomic E-state index is 12.9. The SMILES string of the molecule is N#Cc1ccc(Nc2ccccc2C(F)(F)F)c(N)c1. The lowest BCUT2D eigenvalue weighted by Gasteiger charge is -2.15. The second-order valence-corrected chi connectivity index (χ2v) is 4.08. The van der Waals surface area contributed by atoms with Crippen molar-refractivity contribution in [3.8, 4) is 6.07 Å². The number of nitrogen functional groups attached to an aromatic ring is 1. The van der Waals surface area contributed by atoms with Crippen molar-refractivity contribution >= 4 is 17.1 Å². The van der Waals surface area contributed by atoms with E-state index in [2.05, 4.69) is 5.32 Å². The second-order valence-electron chi connectivity index (χ2n) is 4.08. The van der Waals surface area contributed by atoms with E-state index in [1.807, 2.05) is 6.07 Å². The van der Waals surface area contributed by atoms with Crippen LogP contribution in [-0.4, -0.2) is 0 Å². The number of anilines is 3. The molecule has 0 aliphatic carbocycles. The summed E-state index contributed by atoms with van der Waals surface area (Å²) in [6, 6.07) is 11.4. The molecule has 0 fully saturated rings. The van der Waals surface area contributed by atoms with Crippen LogP contribution in [0, 0.1) is 11.3 Å². The number of halogens is 3. The maximum Gasteiger partial charge on any atom is 0.418 e. The number of nitriles is 1. The third kappa shape index (κ3) is 2.83. The summed E-state index contributed by atoms with van der Waals surface area (Å²) in [7, 11) is 0. The standard InChI is InChI=1S/C14H10F3N3/c15-14(16,17)10-3-1-2-4-12(10)20-13-6-5-9(8-18)7-11(13)19/h1-7,20H,19H2. The molecule has 20 heavy (non-hydrogen) atoms. The van der Waals surface area contributed by atoms with Gasteiger partial charge in [0.1, 0.15) is 0 Å². The summed E-state index contributed by atoms with van der Waals surface area (Å²) in [6.07, 6.45) is -4.45. The Balaban J connectivity index is 2.39. The Kier molecular flexibility index (Phi) is 3.53. The third-order valence-corrected chi connectivity index (χ3v) is 2.68. The van der Waals surface area contributed by atoms with Crippen LogP contribution in [0.15, 0.2) is 42.5 Å². The van der Waals surface area contributed by atoms with Gasteiger partial charge in [0.05, 0.1) is 34.3 Å². The molecule has 0 saturated carbocycles. The molecule has 0 aliphatic rings. The topological polar surface area (TPSA) is 61.8 Å². The molecule has 2 aromatic rings. The zero-order chi connectivity index (χ0) is 14.8. The molecule has 0 aromatic heterocycles. The van der Waals surface area contributed by atoms with Gasteiger partial charge in [0.25, 0.3) is 0 Å². The van der Waals surface area contributed by atoms with E-state index in [1.54, 1.807) is 0 Å². The summed E-state index contributed by atoms with van der Waals surface area (Å²) in [5.41, 5.74) is 5.72. The van der Waals surface area contributed by atoms with E-state index in [0.29, 0.717) is 11.3 Å². The van der Waals surface area contributed by atoms with Crippen molar-refractivity contribution in [2.45, 2.75) is 6.18 Å².